The van der Waals surface area contributed by atoms with Crippen LogP contribution in [0.15, 0.2) is 24.3 Å². The second-order valence-corrected chi connectivity index (χ2v) is 7.89. The van der Waals surface area contributed by atoms with Crippen molar-refractivity contribution in [1.82, 2.24) is 5.32 Å². The van der Waals surface area contributed by atoms with Gasteiger partial charge in [0.05, 0.1) is 30.4 Å². The maximum absolute atomic E-state index is 13.0. The smallest absolute Gasteiger partial charge is 0.481 e. The highest BCUT2D eigenvalue weighted by molar-refractivity contribution is 6.48. The third-order valence-corrected chi connectivity index (χ3v) is 5.12. The van der Waals surface area contributed by atoms with Crippen LogP contribution in [0.4, 0.5) is 4.39 Å². The van der Waals surface area contributed by atoms with Crippen LogP contribution < -0.4 is 15.8 Å². The van der Waals surface area contributed by atoms with Crippen LogP contribution in [-0.4, -0.2) is 56.5 Å². The Morgan fingerprint density at radius 2 is 1.76 bits per heavy atom. The highest BCUT2D eigenvalue weighted by Crippen LogP contribution is 2.37. The van der Waals surface area contributed by atoms with Crippen LogP contribution in [-0.2, 0) is 18.8 Å². The largest absolute Gasteiger partial charge is 0.494 e. The molecule has 0 aliphatic carbocycles. The Balaban J connectivity index is 0.00000420. The van der Waals surface area contributed by atoms with E-state index in [0.717, 1.165) is 0 Å². The summed E-state index contributed by atoms with van der Waals surface area (Å²) in [5, 5.41) is 2.88. The topological polar surface area (TPSA) is 92.0 Å². The zero-order valence-corrected chi connectivity index (χ0v) is 18.4. The van der Waals surface area contributed by atoms with Crippen molar-refractivity contribution in [2.24, 2.45) is 5.73 Å². The Hall–Kier alpha value is -1.39. The molecule has 1 fully saturated rings. The summed E-state index contributed by atoms with van der Waals surface area (Å²) >= 11 is 0. The van der Waals surface area contributed by atoms with Gasteiger partial charge in [-0.25, -0.2) is 4.39 Å². The van der Waals surface area contributed by atoms with E-state index in [0.29, 0.717) is 12.2 Å². The van der Waals surface area contributed by atoms with Crippen molar-refractivity contribution < 1.29 is 28.0 Å². The third kappa shape index (κ3) is 6.82. The Morgan fingerprint density at radius 1 is 1.21 bits per heavy atom. The lowest BCUT2D eigenvalue weighted by atomic mass is 9.76. The van der Waals surface area contributed by atoms with Crippen LogP contribution in [0.5, 0.6) is 5.75 Å². The number of benzene rings is 1. The van der Waals surface area contributed by atoms with Gasteiger partial charge in [-0.2, -0.15) is 0 Å². The average Bonchev–Trinajstić information content (AvgIpc) is 2.83. The van der Waals surface area contributed by atoms with E-state index in [2.05, 4.69) is 5.32 Å². The molecular formula is C19H31BClFN2O5. The normalized spacial score (nSPS) is 19.2. The number of nitrogens with two attached hydrogens (primary N) is 1. The Kier molecular flexibility index (Phi) is 9.36. The molecule has 1 aromatic carbocycles. The molecule has 29 heavy (non-hydrogen) atoms. The van der Waals surface area contributed by atoms with Crippen LogP contribution in [0.1, 0.15) is 34.1 Å². The maximum Gasteiger partial charge on any atom is 0.481 e. The standard InChI is InChI=1S/C19H30BFN2O5.ClH/c1-18(2)19(3,4)28-20(27-18)16(23-17(24)15(22)12-25-5)10-11-26-14-8-6-13(21)7-9-14;/h6-9,15-16H,10-12,22H2,1-5H3,(H,23,24);1H. The van der Waals surface area contributed by atoms with Gasteiger partial charge < -0.3 is 29.8 Å². The van der Waals surface area contributed by atoms with Crippen LogP contribution in [0.3, 0.4) is 0 Å². The van der Waals surface area contributed by atoms with E-state index in [1.165, 1.54) is 19.2 Å². The van der Waals surface area contributed by atoms with Crippen molar-refractivity contribution in [3.8, 4) is 5.75 Å². The number of nitrogens with one attached hydrogen (secondary N) is 1. The van der Waals surface area contributed by atoms with Crippen molar-refractivity contribution in [2.75, 3.05) is 20.3 Å². The molecule has 0 saturated carbocycles. The van der Waals surface area contributed by atoms with Gasteiger partial charge in [0, 0.05) is 13.5 Å². The van der Waals surface area contributed by atoms with Gasteiger partial charge in [0.1, 0.15) is 17.6 Å². The maximum atomic E-state index is 13.0. The second kappa shape index (κ2) is 10.6. The first kappa shape index (κ1) is 25.7. The highest BCUT2D eigenvalue weighted by Gasteiger charge is 2.54. The minimum absolute atomic E-state index is 0. The monoisotopic (exact) mass is 432 g/mol. The number of hydrogen-bond donors (Lipinski definition) is 2. The number of carbonyl (C=O) groups excluding carboxylic acids is 1. The fourth-order valence-corrected chi connectivity index (χ4v) is 2.71. The summed E-state index contributed by atoms with van der Waals surface area (Å²) in [5.41, 5.74) is 4.76. The molecule has 0 aromatic heterocycles. The first-order valence-corrected chi connectivity index (χ1v) is 9.34. The van der Waals surface area contributed by atoms with Crippen LogP contribution in [0.2, 0.25) is 0 Å². The molecule has 2 unspecified atom stereocenters. The molecule has 0 bridgehead atoms. The van der Waals surface area contributed by atoms with Gasteiger partial charge in [-0.1, -0.05) is 0 Å². The van der Waals surface area contributed by atoms with E-state index in [1.54, 1.807) is 12.1 Å². The summed E-state index contributed by atoms with van der Waals surface area (Å²) in [6.07, 6.45) is 0.416. The number of ether oxygens (including phenoxy) is 2. The fourth-order valence-electron chi connectivity index (χ4n) is 2.71. The number of hydrogen-bond acceptors (Lipinski definition) is 6. The molecule has 0 radical (unpaired) electrons. The molecule has 1 heterocycles. The van der Waals surface area contributed by atoms with Crippen molar-refractivity contribution in [3.05, 3.63) is 30.1 Å². The Labute approximate surface area is 178 Å². The number of amides is 1. The zero-order chi connectivity index (χ0) is 20.9. The van der Waals surface area contributed by atoms with Gasteiger partial charge >= 0.3 is 7.12 Å². The predicted molar refractivity (Wildman–Crippen MR) is 112 cm³/mol. The Bertz CT molecular complexity index is 647. The van der Waals surface area contributed by atoms with E-state index in [1.807, 2.05) is 27.7 Å². The van der Waals surface area contributed by atoms with Crippen molar-refractivity contribution in [1.29, 1.82) is 0 Å². The lowest BCUT2D eigenvalue weighted by Crippen LogP contribution is -2.54. The number of rotatable bonds is 9. The first-order valence-electron chi connectivity index (χ1n) is 9.34. The van der Waals surface area contributed by atoms with Gasteiger partial charge in [-0.3, -0.25) is 4.79 Å². The van der Waals surface area contributed by atoms with E-state index < -0.39 is 30.3 Å². The van der Waals surface area contributed by atoms with Gasteiger partial charge in [0.2, 0.25) is 5.91 Å². The molecule has 1 saturated heterocycles. The quantitative estimate of drug-likeness (QED) is 0.581. The highest BCUT2D eigenvalue weighted by atomic mass is 35.5. The molecule has 0 spiro atoms. The minimum atomic E-state index is -0.798. The summed E-state index contributed by atoms with van der Waals surface area (Å²) < 4.78 is 35.8. The molecule has 1 aliphatic rings. The molecule has 2 atom stereocenters. The molecule has 2 rings (SSSR count). The summed E-state index contributed by atoms with van der Waals surface area (Å²) in [6, 6.07) is 4.95. The van der Waals surface area contributed by atoms with Crippen molar-refractivity contribution >= 4 is 25.4 Å². The average molecular weight is 433 g/mol. The molecule has 1 aromatic rings. The molecule has 1 amide bonds. The van der Waals surface area contributed by atoms with Gasteiger partial charge in [0.25, 0.3) is 0 Å². The van der Waals surface area contributed by atoms with E-state index in [9.17, 15) is 9.18 Å². The van der Waals surface area contributed by atoms with E-state index >= 15 is 0 Å². The molecule has 3 N–H and O–H groups in total. The lowest BCUT2D eigenvalue weighted by Gasteiger charge is -2.32. The lowest BCUT2D eigenvalue weighted by molar-refractivity contribution is -0.123. The molecular weight excluding hydrogens is 401 g/mol. The molecule has 7 nitrogen and oxygen atoms in total. The van der Waals surface area contributed by atoms with Crippen LogP contribution in [0, 0.1) is 5.82 Å². The van der Waals surface area contributed by atoms with Crippen LogP contribution >= 0.6 is 12.4 Å². The third-order valence-electron chi connectivity index (χ3n) is 5.12. The summed E-state index contributed by atoms with van der Waals surface area (Å²) in [7, 11) is 0.829. The zero-order valence-electron chi connectivity index (χ0n) is 17.6. The van der Waals surface area contributed by atoms with Gasteiger partial charge in [0.15, 0.2) is 0 Å². The summed E-state index contributed by atoms with van der Waals surface area (Å²) in [4.78, 5) is 12.4. The summed E-state index contributed by atoms with van der Waals surface area (Å²) in [5.74, 6) is -0.626. The number of halogens is 2. The van der Waals surface area contributed by atoms with Gasteiger partial charge in [-0.05, 0) is 52.0 Å². The van der Waals surface area contributed by atoms with Gasteiger partial charge in [-0.15, -0.1) is 12.4 Å². The van der Waals surface area contributed by atoms with Crippen molar-refractivity contribution in [3.63, 3.8) is 0 Å². The molecule has 1 aliphatic heterocycles. The second-order valence-electron chi connectivity index (χ2n) is 7.89. The molecule has 164 valence electrons. The number of carbonyl (C=O) groups is 1. The minimum Gasteiger partial charge on any atom is -0.494 e. The summed E-state index contributed by atoms with van der Waals surface area (Å²) in [6.45, 7) is 8.15. The molecule has 10 heteroatoms. The Morgan fingerprint density at radius 3 is 2.28 bits per heavy atom. The van der Waals surface area contributed by atoms with E-state index in [4.69, 9.17) is 24.5 Å². The SMILES string of the molecule is COCC(N)C(=O)NC(CCOc1ccc(F)cc1)B1OC(C)(C)C(C)(C)O1.Cl. The fraction of sp³-hybridized carbons (Fsp3) is 0.632. The van der Waals surface area contributed by atoms with Crippen molar-refractivity contribution in [2.45, 2.75) is 57.3 Å². The number of methoxy groups -OCH3 is 1. The first-order chi connectivity index (χ1) is 13.1. The predicted octanol–water partition coefficient (Wildman–Crippen LogP) is 2.11. The van der Waals surface area contributed by atoms with E-state index in [-0.39, 0.29) is 37.3 Å². The van der Waals surface area contributed by atoms with Crippen LogP contribution in [0.25, 0.3) is 0 Å².